The van der Waals surface area contributed by atoms with Gasteiger partial charge in [-0.2, -0.15) is 0 Å². The third-order valence-corrected chi connectivity index (χ3v) is 4.49. The maximum Gasteiger partial charge on any atom is 0.219 e. The normalized spacial score (nSPS) is 10.7. The number of thiophene rings is 1. The second-order valence-corrected chi connectivity index (χ2v) is 6.21. The van der Waals surface area contributed by atoms with E-state index in [1.165, 1.54) is 4.70 Å². The van der Waals surface area contributed by atoms with Crippen LogP contribution >= 0.6 is 11.3 Å². The van der Waals surface area contributed by atoms with Gasteiger partial charge in [0.1, 0.15) is 11.6 Å². The van der Waals surface area contributed by atoms with Crippen LogP contribution in [0.2, 0.25) is 0 Å². The van der Waals surface area contributed by atoms with Crippen molar-refractivity contribution in [1.82, 2.24) is 9.97 Å². The molecule has 1 aromatic carbocycles. The van der Waals surface area contributed by atoms with Crippen LogP contribution < -0.4 is 10.1 Å². The molecule has 0 aliphatic heterocycles. The Kier molecular flexibility index (Phi) is 4.08. The summed E-state index contributed by atoms with van der Waals surface area (Å²) in [4.78, 5) is 8.78. The molecule has 0 radical (unpaired) electrons. The lowest BCUT2D eigenvalue weighted by Gasteiger charge is -2.08. The Balaban J connectivity index is 1.43. The van der Waals surface area contributed by atoms with Gasteiger partial charge in [0.05, 0.1) is 0 Å². The van der Waals surface area contributed by atoms with E-state index in [2.05, 4.69) is 26.7 Å². The van der Waals surface area contributed by atoms with Crippen LogP contribution in [-0.2, 0) is 6.54 Å². The number of nitrogens with one attached hydrogen (secondary N) is 1. The van der Waals surface area contributed by atoms with Gasteiger partial charge >= 0.3 is 0 Å². The summed E-state index contributed by atoms with van der Waals surface area (Å²) < 4.78 is 6.93. The quantitative estimate of drug-likeness (QED) is 0.552. The molecular formula is C19H15N3OS. The van der Waals surface area contributed by atoms with Gasteiger partial charge < -0.3 is 10.1 Å². The number of ether oxygens (including phenoxy) is 1. The molecule has 118 valence electrons. The highest BCUT2D eigenvalue weighted by molar-refractivity contribution is 7.17. The summed E-state index contributed by atoms with van der Waals surface area (Å²) in [6.45, 7) is 0.667. The molecule has 0 spiro atoms. The molecule has 0 saturated carbocycles. The Labute approximate surface area is 143 Å². The van der Waals surface area contributed by atoms with Crippen LogP contribution in [0.25, 0.3) is 10.1 Å². The molecule has 4 aromatic rings. The van der Waals surface area contributed by atoms with Crippen molar-refractivity contribution in [1.29, 1.82) is 0 Å². The fourth-order valence-corrected chi connectivity index (χ4v) is 3.19. The van der Waals surface area contributed by atoms with E-state index in [0.717, 1.165) is 22.5 Å². The Morgan fingerprint density at radius 2 is 1.88 bits per heavy atom. The molecule has 5 heteroatoms. The number of pyridine rings is 2. The fourth-order valence-electron chi connectivity index (χ4n) is 2.41. The highest BCUT2D eigenvalue weighted by atomic mass is 32.1. The Morgan fingerprint density at radius 3 is 2.71 bits per heavy atom. The predicted molar refractivity (Wildman–Crippen MR) is 97.7 cm³/mol. The average Bonchev–Trinajstić information content (AvgIpc) is 3.11. The van der Waals surface area contributed by atoms with E-state index in [0.29, 0.717) is 12.4 Å². The molecule has 0 saturated heterocycles. The number of anilines is 1. The Morgan fingerprint density at radius 1 is 0.958 bits per heavy atom. The zero-order chi connectivity index (χ0) is 16.2. The highest BCUT2D eigenvalue weighted by Crippen LogP contribution is 2.26. The van der Waals surface area contributed by atoms with Crippen molar-refractivity contribution in [3.63, 3.8) is 0 Å². The van der Waals surface area contributed by atoms with Gasteiger partial charge in [-0.1, -0.05) is 24.3 Å². The molecule has 0 aliphatic rings. The Hall–Kier alpha value is -2.92. The average molecular weight is 333 g/mol. The Bertz CT molecular complexity index is 936. The van der Waals surface area contributed by atoms with E-state index in [1.807, 2.05) is 60.9 Å². The zero-order valence-corrected chi connectivity index (χ0v) is 13.7. The molecule has 4 nitrogen and oxygen atoms in total. The van der Waals surface area contributed by atoms with Gasteiger partial charge in [0.25, 0.3) is 0 Å². The van der Waals surface area contributed by atoms with Gasteiger partial charge in [0.2, 0.25) is 5.88 Å². The monoisotopic (exact) mass is 333 g/mol. The molecule has 3 heterocycles. The molecule has 0 amide bonds. The number of aromatic nitrogens is 2. The number of hydrogen-bond donors (Lipinski definition) is 1. The van der Waals surface area contributed by atoms with Crippen molar-refractivity contribution < 1.29 is 4.74 Å². The predicted octanol–water partition coefficient (Wildman–Crippen LogP) is 5.10. The summed E-state index contributed by atoms with van der Waals surface area (Å²) in [5, 5.41) is 6.60. The van der Waals surface area contributed by atoms with Gasteiger partial charge in [0, 0.05) is 35.1 Å². The second-order valence-electron chi connectivity index (χ2n) is 5.27. The van der Waals surface area contributed by atoms with Gasteiger partial charge in [-0.25, -0.2) is 9.97 Å². The first-order valence-electron chi connectivity index (χ1n) is 7.62. The number of nitrogens with zero attached hydrogens (tertiary/aromatic N) is 2. The summed E-state index contributed by atoms with van der Waals surface area (Å²) in [5.41, 5.74) is 1.07. The minimum Gasteiger partial charge on any atom is -0.439 e. The van der Waals surface area contributed by atoms with Crippen LogP contribution in [0.3, 0.4) is 0 Å². The van der Waals surface area contributed by atoms with Gasteiger partial charge in [-0.3, -0.25) is 0 Å². The summed E-state index contributed by atoms with van der Waals surface area (Å²) in [6, 6.07) is 17.6. The summed E-state index contributed by atoms with van der Waals surface area (Å²) in [7, 11) is 0. The lowest BCUT2D eigenvalue weighted by atomic mass is 10.2. The molecular weight excluding hydrogens is 318 g/mol. The van der Waals surface area contributed by atoms with Crippen molar-refractivity contribution in [2.75, 3.05) is 5.32 Å². The van der Waals surface area contributed by atoms with Crippen molar-refractivity contribution >= 4 is 27.2 Å². The number of hydrogen-bond acceptors (Lipinski definition) is 5. The van der Waals surface area contributed by atoms with Crippen LogP contribution in [0.5, 0.6) is 11.6 Å². The molecule has 0 unspecified atom stereocenters. The van der Waals surface area contributed by atoms with E-state index >= 15 is 0 Å². The van der Waals surface area contributed by atoms with Gasteiger partial charge in [-0.05, 0) is 35.2 Å². The smallest absolute Gasteiger partial charge is 0.219 e. The highest BCUT2D eigenvalue weighted by Gasteiger charge is 2.04. The topological polar surface area (TPSA) is 47.0 Å². The standard InChI is InChI=1S/C19H15N3OS/c1-2-4-15(5-3-1)23-18-7-6-14(12-21-18)13-22-19-16-9-11-24-17(16)8-10-20-19/h1-12H,13H2,(H,20,22). The van der Waals surface area contributed by atoms with E-state index in [1.54, 1.807) is 11.3 Å². The van der Waals surface area contributed by atoms with Crippen LogP contribution in [0.15, 0.2) is 72.4 Å². The first-order valence-corrected chi connectivity index (χ1v) is 8.50. The van der Waals surface area contributed by atoms with Crippen molar-refractivity contribution in [3.05, 3.63) is 77.9 Å². The third kappa shape index (κ3) is 3.21. The van der Waals surface area contributed by atoms with Crippen LogP contribution in [0.1, 0.15) is 5.56 Å². The first kappa shape index (κ1) is 14.7. The van der Waals surface area contributed by atoms with Gasteiger partial charge in [-0.15, -0.1) is 11.3 Å². The number of fused-ring (bicyclic) bond motifs is 1. The summed E-state index contributed by atoms with van der Waals surface area (Å²) in [6.07, 6.45) is 3.65. The molecule has 0 bridgehead atoms. The second kappa shape index (κ2) is 6.68. The van der Waals surface area contributed by atoms with Crippen molar-refractivity contribution in [3.8, 4) is 11.6 Å². The largest absolute Gasteiger partial charge is 0.439 e. The van der Waals surface area contributed by atoms with E-state index < -0.39 is 0 Å². The van der Waals surface area contributed by atoms with Crippen molar-refractivity contribution in [2.45, 2.75) is 6.54 Å². The van der Waals surface area contributed by atoms with Crippen LogP contribution in [0.4, 0.5) is 5.82 Å². The number of benzene rings is 1. The summed E-state index contributed by atoms with van der Waals surface area (Å²) >= 11 is 1.72. The maximum atomic E-state index is 5.70. The lowest BCUT2D eigenvalue weighted by Crippen LogP contribution is -2.02. The third-order valence-electron chi connectivity index (χ3n) is 3.60. The number of para-hydroxylation sites is 1. The SMILES string of the molecule is c1ccc(Oc2ccc(CNc3nccc4sccc34)cn2)cc1. The molecule has 0 fully saturated rings. The van der Waals surface area contributed by atoms with E-state index in [9.17, 15) is 0 Å². The fraction of sp³-hybridized carbons (Fsp3) is 0.0526. The molecule has 3 aromatic heterocycles. The molecule has 1 N–H and O–H groups in total. The molecule has 4 rings (SSSR count). The minimum atomic E-state index is 0.586. The lowest BCUT2D eigenvalue weighted by molar-refractivity contribution is 0.462. The zero-order valence-electron chi connectivity index (χ0n) is 12.8. The van der Waals surface area contributed by atoms with Crippen molar-refractivity contribution in [2.24, 2.45) is 0 Å². The number of rotatable bonds is 5. The van der Waals surface area contributed by atoms with Crippen LogP contribution in [0, 0.1) is 0 Å². The van der Waals surface area contributed by atoms with E-state index in [4.69, 9.17) is 4.74 Å². The molecule has 0 aliphatic carbocycles. The van der Waals surface area contributed by atoms with E-state index in [-0.39, 0.29) is 0 Å². The van der Waals surface area contributed by atoms with Crippen LogP contribution in [-0.4, -0.2) is 9.97 Å². The van der Waals surface area contributed by atoms with Gasteiger partial charge in [0.15, 0.2) is 0 Å². The minimum absolute atomic E-state index is 0.586. The summed E-state index contributed by atoms with van der Waals surface area (Å²) in [5.74, 6) is 2.27. The first-order chi connectivity index (χ1) is 11.9. The molecule has 0 atom stereocenters. The molecule has 24 heavy (non-hydrogen) atoms. The maximum absolute atomic E-state index is 5.70.